The van der Waals surface area contributed by atoms with E-state index >= 15 is 0 Å². The molecule has 1 aromatic heterocycles. The molecule has 0 bridgehead atoms. The molecule has 0 saturated carbocycles. The van der Waals surface area contributed by atoms with Gasteiger partial charge in [0.25, 0.3) is 5.91 Å². The molecule has 0 aliphatic rings. The SMILES string of the molecule is COCC(C)(C)OC(=O)c1c(NC(=O)c2ccc(F)cc2F)nc(N(C)C)n1-c1ccccc1. The lowest BCUT2D eigenvalue weighted by molar-refractivity contribution is -0.0370. The van der Waals surface area contributed by atoms with Crippen molar-refractivity contribution in [3.05, 3.63) is 71.4 Å². The minimum absolute atomic E-state index is 0.0741. The van der Waals surface area contributed by atoms with Gasteiger partial charge in [0.1, 0.15) is 17.2 Å². The standard InChI is InChI=1S/C24H26F2N4O4/c1-24(2,14-33-5)34-22(32)19-20(27-21(31)17-12-11-15(25)13-18(17)26)28-23(29(3)4)30(19)16-9-7-6-8-10-16/h6-13H,14H2,1-5H3,(H,27,31). The van der Waals surface area contributed by atoms with E-state index in [0.29, 0.717) is 17.7 Å². The maximum absolute atomic E-state index is 14.2. The number of para-hydroxylation sites is 1. The lowest BCUT2D eigenvalue weighted by Crippen LogP contribution is -2.34. The Balaban J connectivity index is 2.14. The van der Waals surface area contributed by atoms with Crippen LogP contribution in [0, 0.1) is 11.6 Å². The molecule has 0 radical (unpaired) electrons. The Labute approximate surface area is 196 Å². The predicted octanol–water partition coefficient (Wildman–Crippen LogP) is 4.05. The van der Waals surface area contributed by atoms with Gasteiger partial charge in [0, 0.05) is 33.0 Å². The third-order valence-electron chi connectivity index (χ3n) is 4.74. The molecule has 180 valence electrons. The fourth-order valence-electron chi connectivity index (χ4n) is 3.33. The Kier molecular flexibility index (Phi) is 7.31. The highest BCUT2D eigenvalue weighted by Crippen LogP contribution is 2.30. The number of benzene rings is 2. The van der Waals surface area contributed by atoms with Crippen LogP contribution in [0.2, 0.25) is 0 Å². The Morgan fingerprint density at radius 3 is 2.38 bits per heavy atom. The van der Waals surface area contributed by atoms with E-state index in [1.165, 1.54) is 11.7 Å². The summed E-state index contributed by atoms with van der Waals surface area (Å²) >= 11 is 0. The fraction of sp³-hybridized carbons (Fsp3) is 0.292. The maximum Gasteiger partial charge on any atom is 0.359 e. The van der Waals surface area contributed by atoms with Crippen LogP contribution in [0.25, 0.3) is 5.69 Å². The van der Waals surface area contributed by atoms with Crippen molar-refractivity contribution in [2.75, 3.05) is 38.0 Å². The number of hydrogen-bond donors (Lipinski definition) is 1. The molecule has 0 saturated heterocycles. The largest absolute Gasteiger partial charge is 0.452 e. The van der Waals surface area contributed by atoms with Crippen molar-refractivity contribution in [3.63, 3.8) is 0 Å². The van der Waals surface area contributed by atoms with Gasteiger partial charge in [-0.2, -0.15) is 4.98 Å². The molecule has 1 N–H and O–H groups in total. The van der Waals surface area contributed by atoms with Crippen molar-refractivity contribution >= 4 is 23.6 Å². The number of carbonyl (C=O) groups excluding carboxylic acids is 2. The van der Waals surface area contributed by atoms with E-state index in [9.17, 15) is 18.4 Å². The van der Waals surface area contributed by atoms with E-state index in [1.807, 2.05) is 6.07 Å². The number of nitrogens with one attached hydrogen (secondary N) is 1. The van der Waals surface area contributed by atoms with Crippen LogP contribution >= 0.6 is 0 Å². The van der Waals surface area contributed by atoms with Crippen LogP contribution in [0.15, 0.2) is 48.5 Å². The summed E-state index contributed by atoms with van der Waals surface area (Å²) in [7, 11) is 4.92. The van der Waals surface area contributed by atoms with Crippen LogP contribution in [-0.4, -0.2) is 54.8 Å². The van der Waals surface area contributed by atoms with Gasteiger partial charge in [0.15, 0.2) is 11.5 Å². The number of carbonyl (C=O) groups is 2. The molecule has 0 aliphatic heterocycles. The zero-order valence-electron chi connectivity index (χ0n) is 19.6. The average molecular weight is 472 g/mol. The molecule has 0 aliphatic carbocycles. The Hall–Kier alpha value is -3.79. The van der Waals surface area contributed by atoms with Crippen molar-refractivity contribution < 1.29 is 27.8 Å². The highest BCUT2D eigenvalue weighted by Gasteiger charge is 2.32. The molecule has 8 nitrogen and oxygen atoms in total. The molecule has 0 spiro atoms. The summed E-state index contributed by atoms with van der Waals surface area (Å²) in [5, 5.41) is 2.48. The molecule has 34 heavy (non-hydrogen) atoms. The summed E-state index contributed by atoms with van der Waals surface area (Å²) in [6, 6.07) is 11.5. The number of nitrogens with zero attached hydrogens (tertiary/aromatic N) is 3. The number of amides is 1. The third kappa shape index (κ3) is 5.40. The number of anilines is 2. The normalized spacial score (nSPS) is 11.3. The van der Waals surface area contributed by atoms with Gasteiger partial charge in [-0.25, -0.2) is 13.6 Å². The smallest absolute Gasteiger partial charge is 0.359 e. The molecule has 3 rings (SSSR count). The highest BCUT2D eigenvalue weighted by molar-refractivity contribution is 6.07. The first kappa shape index (κ1) is 24.8. The number of aromatic nitrogens is 2. The van der Waals surface area contributed by atoms with E-state index in [0.717, 1.165) is 12.1 Å². The minimum atomic E-state index is -1.04. The summed E-state index contributed by atoms with van der Waals surface area (Å²) in [6.07, 6.45) is 0. The first-order valence-electron chi connectivity index (χ1n) is 10.4. The summed E-state index contributed by atoms with van der Waals surface area (Å²) in [6.45, 7) is 3.48. The van der Waals surface area contributed by atoms with Gasteiger partial charge in [-0.1, -0.05) is 18.2 Å². The second kappa shape index (κ2) is 10.0. The Morgan fingerprint density at radius 2 is 1.79 bits per heavy atom. The zero-order chi connectivity index (χ0) is 25.0. The average Bonchev–Trinajstić information content (AvgIpc) is 3.13. The van der Waals surface area contributed by atoms with Crippen LogP contribution < -0.4 is 10.2 Å². The van der Waals surface area contributed by atoms with Gasteiger partial charge in [0.05, 0.1) is 12.2 Å². The molecular weight excluding hydrogens is 446 g/mol. The Morgan fingerprint density at radius 1 is 1.12 bits per heavy atom. The van der Waals surface area contributed by atoms with E-state index in [4.69, 9.17) is 9.47 Å². The number of ether oxygens (including phenoxy) is 2. The molecule has 1 heterocycles. The summed E-state index contributed by atoms with van der Waals surface area (Å²) < 4.78 is 39.8. The van der Waals surface area contributed by atoms with Crippen LogP contribution in [0.5, 0.6) is 0 Å². The van der Waals surface area contributed by atoms with Crippen molar-refractivity contribution in [1.29, 1.82) is 0 Å². The molecule has 0 fully saturated rings. The van der Waals surface area contributed by atoms with Gasteiger partial charge >= 0.3 is 5.97 Å². The molecule has 10 heteroatoms. The second-order valence-electron chi connectivity index (χ2n) is 8.33. The zero-order valence-corrected chi connectivity index (χ0v) is 19.6. The highest BCUT2D eigenvalue weighted by atomic mass is 19.1. The molecule has 3 aromatic rings. The summed E-state index contributed by atoms with van der Waals surface area (Å²) in [5.74, 6) is -3.36. The first-order valence-corrected chi connectivity index (χ1v) is 10.4. The number of halogens is 2. The van der Waals surface area contributed by atoms with Crippen molar-refractivity contribution in [1.82, 2.24) is 9.55 Å². The quantitative estimate of drug-likeness (QED) is 0.498. The number of rotatable bonds is 8. The lowest BCUT2D eigenvalue weighted by Gasteiger charge is -2.25. The van der Waals surface area contributed by atoms with Crippen molar-refractivity contribution in [2.24, 2.45) is 0 Å². The number of methoxy groups -OCH3 is 1. The third-order valence-corrected chi connectivity index (χ3v) is 4.74. The maximum atomic E-state index is 14.2. The van der Waals surface area contributed by atoms with Crippen LogP contribution in [0.3, 0.4) is 0 Å². The van der Waals surface area contributed by atoms with E-state index in [2.05, 4.69) is 10.3 Å². The Bertz CT molecular complexity index is 1190. The van der Waals surface area contributed by atoms with Crippen LogP contribution in [0.4, 0.5) is 20.5 Å². The van der Waals surface area contributed by atoms with Crippen LogP contribution in [-0.2, 0) is 9.47 Å². The predicted molar refractivity (Wildman–Crippen MR) is 124 cm³/mol. The number of hydrogen-bond acceptors (Lipinski definition) is 6. The molecule has 0 atom stereocenters. The van der Waals surface area contributed by atoms with E-state index in [1.54, 1.807) is 57.1 Å². The van der Waals surface area contributed by atoms with Gasteiger partial charge < -0.3 is 19.7 Å². The van der Waals surface area contributed by atoms with Crippen molar-refractivity contribution in [2.45, 2.75) is 19.4 Å². The molecular formula is C24H26F2N4O4. The summed E-state index contributed by atoms with van der Waals surface area (Å²) in [4.78, 5) is 32.3. The minimum Gasteiger partial charge on any atom is -0.452 e. The van der Waals surface area contributed by atoms with Crippen molar-refractivity contribution in [3.8, 4) is 5.69 Å². The molecule has 2 aromatic carbocycles. The van der Waals surface area contributed by atoms with Gasteiger partial charge in [0.2, 0.25) is 5.95 Å². The first-order chi connectivity index (χ1) is 16.0. The fourth-order valence-corrected chi connectivity index (χ4v) is 3.33. The van der Waals surface area contributed by atoms with Crippen LogP contribution in [0.1, 0.15) is 34.7 Å². The summed E-state index contributed by atoms with van der Waals surface area (Å²) in [5.41, 5.74) is -0.875. The molecule has 1 amide bonds. The second-order valence-corrected chi connectivity index (χ2v) is 8.33. The molecule has 0 unspecified atom stereocenters. The number of esters is 1. The lowest BCUT2D eigenvalue weighted by atomic mass is 10.1. The van der Waals surface area contributed by atoms with E-state index in [-0.39, 0.29) is 18.1 Å². The van der Waals surface area contributed by atoms with Gasteiger partial charge in [-0.15, -0.1) is 0 Å². The van der Waals surface area contributed by atoms with Gasteiger partial charge in [-0.3, -0.25) is 9.36 Å². The monoisotopic (exact) mass is 472 g/mol. The van der Waals surface area contributed by atoms with Gasteiger partial charge in [-0.05, 0) is 38.1 Å². The topological polar surface area (TPSA) is 85.7 Å². The van der Waals surface area contributed by atoms with E-state index < -0.39 is 34.7 Å². The number of imidazole rings is 1.